The minimum Gasteiger partial charge on any atom is -0.292 e. The van der Waals surface area contributed by atoms with Crippen molar-refractivity contribution in [3.63, 3.8) is 0 Å². The minimum atomic E-state index is -0.482. The summed E-state index contributed by atoms with van der Waals surface area (Å²) < 4.78 is 0. The highest BCUT2D eigenvalue weighted by Crippen LogP contribution is 2.09. The van der Waals surface area contributed by atoms with Crippen molar-refractivity contribution in [2.24, 2.45) is 0 Å². The molecule has 0 aliphatic rings. The zero-order chi connectivity index (χ0) is 10.6. The van der Waals surface area contributed by atoms with Gasteiger partial charge in [0.2, 0.25) is 0 Å². The van der Waals surface area contributed by atoms with E-state index in [2.05, 4.69) is 4.89 Å². The first-order valence-electron chi connectivity index (χ1n) is 4.44. The SMILES string of the molecule is C.CC(C)(C)OOC(=O)c1ccccc1. The van der Waals surface area contributed by atoms with Gasteiger partial charge in [-0.05, 0) is 32.9 Å². The van der Waals surface area contributed by atoms with Crippen LogP contribution in [0.3, 0.4) is 0 Å². The van der Waals surface area contributed by atoms with Gasteiger partial charge in [0.05, 0.1) is 5.56 Å². The maximum atomic E-state index is 11.3. The summed E-state index contributed by atoms with van der Waals surface area (Å²) in [6.07, 6.45) is 0. The molecule has 0 aliphatic carbocycles. The third-order valence-electron chi connectivity index (χ3n) is 1.38. The van der Waals surface area contributed by atoms with E-state index in [1.165, 1.54) is 0 Å². The molecule has 0 aliphatic heterocycles. The number of hydrogen-bond donors (Lipinski definition) is 0. The first kappa shape index (κ1) is 13.7. The molecular weight excluding hydrogens is 192 g/mol. The van der Waals surface area contributed by atoms with Crippen LogP contribution in [0.1, 0.15) is 38.6 Å². The molecule has 84 valence electrons. The maximum Gasteiger partial charge on any atom is 0.373 e. The predicted octanol–water partition coefficient (Wildman–Crippen LogP) is 3.21. The van der Waals surface area contributed by atoms with Crippen molar-refractivity contribution in [1.82, 2.24) is 0 Å². The Bertz CT molecular complexity index is 298. The lowest BCUT2D eigenvalue weighted by Crippen LogP contribution is -2.21. The average molecular weight is 210 g/mol. The summed E-state index contributed by atoms with van der Waals surface area (Å²) in [7, 11) is 0. The zero-order valence-electron chi connectivity index (χ0n) is 8.61. The van der Waals surface area contributed by atoms with Gasteiger partial charge in [-0.1, -0.05) is 25.6 Å². The minimum absolute atomic E-state index is 0. The van der Waals surface area contributed by atoms with Crippen LogP contribution >= 0.6 is 0 Å². The summed E-state index contributed by atoms with van der Waals surface area (Å²) in [5.41, 5.74) is 0.00140. The molecule has 0 amide bonds. The molecule has 0 heterocycles. The van der Waals surface area contributed by atoms with Gasteiger partial charge < -0.3 is 0 Å². The first-order chi connectivity index (χ1) is 6.49. The van der Waals surface area contributed by atoms with Gasteiger partial charge >= 0.3 is 5.97 Å². The summed E-state index contributed by atoms with van der Waals surface area (Å²) in [5, 5.41) is 0. The highest BCUT2D eigenvalue weighted by Gasteiger charge is 2.15. The van der Waals surface area contributed by atoms with Crippen molar-refractivity contribution >= 4 is 5.97 Å². The topological polar surface area (TPSA) is 35.5 Å². The van der Waals surface area contributed by atoms with E-state index < -0.39 is 11.6 Å². The van der Waals surface area contributed by atoms with E-state index in [0.717, 1.165) is 0 Å². The van der Waals surface area contributed by atoms with Crippen molar-refractivity contribution in [3.05, 3.63) is 35.9 Å². The molecule has 1 aromatic carbocycles. The highest BCUT2D eigenvalue weighted by molar-refractivity contribution is 5.88. The normalized spacial score (nSPS) is 10.3. The second-order valence-corrected chi connectivity index (χ2v) is 3.93. The van der Waals surface area contributed by atoms with Crippen LogP contribution < -0.4 is 0 Å². The zero-order valence-corrected chi connectivity index (χ0v) is 8.61. The quantitative estimate of drug-likeness (QED) is 0.555. The number of hydrogen-bond acceptors (Lipinski definition) is 3. The lowest BCUT2D eigenvalue weighted by atomic mass is 10.2. The molecule has 0 bridgehead atoms. The van der Waals surface area contributed by atoms with E-state index in [-0.39, 0.29) is 7.43 Å². The molecule has 0 fully saturated rings. The van der Waals surface area contributed by atoms with Gasteiger partial charge in [-0.15, -0.1) is 0 Å². The van der Waals surface area contributed by atoms with Crippen LogP contribution in [0, 0.1) is 0 Å². The number of rotatable bonds is 2. The Morgan fingerprint density at radius 2 is 1.67 bits per heavy atom. The van der Waals surface area contributed by atoms with Gasteiger partial charge in [0.25, 0.3) is 0 Å². The van der Waals surface area contributed by atoms with Crippen molar-refractivity contribution in [2.75, 3.05) is 0 Å². The van der Waals surface area contributed by atoms with E-state index in [1.54, 1.807) is 24.3 Å². The van der Waals surface area contributed by atoms with E-state index in [1.807, 2.05) is 26.8 Å². The molecule has 15 heavy (non-hydrogen) atoms. The molecule has 0 saturated heterocycles. The smallest absolute Gasteiger partial charge is 0.292 e. The van der Waals surface area contributed by atoms with Gasteiger partial charge in [0, 0.05) is 0 Å². The van der Waals surface area contributed by atoms with E-state index >= 15 is 0 Å². The lowest BCUT2D eigenvalue weighted by Gasteiger charge is -2.16. The molecule has 0 unspecified atom stereocenters. The molecule has 0 spiro atoms. The third kappa shape index (κ3) is 5.18. The van der Waals surface area contributed by atoms with Crippen LogP contribution in [-0.2, 0) is 9.78 Å². The van der Waals surface area contributed by atoms with Crippen molar-refractivity contribution in [1.29, 1.82) is 0 Å². The summed E-state index contributed by atoms with van der Waals surface area (Å²) in [6.45, 7) is 5.43. The summed E-state index contributed by atoms with van der Waals surface area (Å²) in [5.74, 6) is -0.472. The van der Waals surface area contributed by atoms with E-state index in [9.17, 15) is 4.79 Å². The molecule has 0 saturated carbocycles. The summed E-state index contributed by atoms with van der Waals surface area (Å²) in [4.78, 5) is 20.9. The largest absolute Gasteiger partial charge is 0.373 e. The molecule has 0 aromatic heterocycles. The van der Waals surface area contributed by atoms with Crippen LogP contribution in [0.15, 0.2) is 30.3 Å². The molecule has 0 atom stereocenters. The second-order valence-electron chi connectivity index (χ2n) is 3.93. The number of benzene rings is 1. The standard InChI is InChI=1S/C11H14O3.CH4/c1-11(2,3)14-13-10(12)9-7-5-4-6-8-9;/h4-8H,1-3H3;1H4. The van der Waals surface area contributed by atoms with E-state index in [4.69, 9.17) is 4.89 Å². The Labute approximate surface area is 90.9 Å². The Balaban J connectivity index is 0.00000196. The second kappa shape index (κ2) is 5.51. The summed E-state index contributed by atoms with van der Waals surface area (Å²) in [6, 6.07) is 8.73. The Morgan fingerprint density at radius 1 is 1.13 bits per heavy atom. The van der Waals surface area contributed by atoms with Crippen LogP contribution in [0.4, 0.5) is 0 Å². The van der Waals surface area contributed by atoms with Gasteiger partial charge in [0.15, 0.2) is 0 Å². The van der Waals surface area contributed by atoms with Crippen LogP contribution in [0.25, 0.3) is 0 Å². The van der Waals surface area contributed by atoms with Gasteiger partial charge in [-0.3, -0.25) is 4.89 Å². The molecular formula is C12H18O3. The lowest BCUT2D eigenvalue weighted by molar-refractivity contribution is -0.301. The Kier molecular flexibility index (Phi) is 5.02. The fourth-order valence-corrected chi connectivity index (χ4v) is 0.785. The molecule has 0 N–H and O–H groups in total. The summed E-state index contributed by atoms with van der Waals surface area (Å²) >= 11 is 0. The average Bonchev–Trinajstić information content (AvgIpc) is 2.14. The van der Waals surface area contributed by atoms with Crippen molar-refractivity contribution in [2.45, 2.75) is 33.8 Å². The third-order valence-corrected chi connectivity index (χ3v) is 1.38. The fraction of sp³-hybridized carbons (Fsp3) is 0.417. The first-order valence-corrected chi connectivity index (χ1v) is 4.44. The predicted molar refractivity (Wildman–Crippen MR) is 59.4 cm³/mol. The highest BCUT2D eigenvalue weighted by atomic mass is 17.2. The van der Waals surface area contributed by atoms with Gasteiger partial charge in [-0.25, -0.2) is 4.79 Å². The Morgan fingerprint density at radius 3 is 2.13 bits per heavy atom. The monoisotopic (exact) mass is 210 g/mol. The fourth-order valence-electron chi connectivity index (χ4n) is 0.785. The van der Waals surface area contributed by atoms with Crippen molar-refractivity contribution in [3.8, 4) is 0 Å². The molecule has 3 nitrogen and oxygen atoms in total. The molecule has 3 heteroatoms. The van der Waals surface area contributed by atoms with Crippen LogP contribution in [-0.4, -0.2) is 11.6 Å². The van der Waals surface area contributed by atoms with Gasteiger partial charge in [-0.2, -0.15) is 4.89 Å². The number of carbonyl (C=O) groups is 1. The van der Waals surface area contributed by atoms with Crippen LogP contribution in [0.5, 0.6) is 0 Å². The Hall–Kier alpha value is -1.35. The number of carbonyl (C=O) groups excluding carboxylic acids is 1. The van der Waals surface area contributed by atoms with Crippen molar-refractivity contribution < 1.29 is 14.6 Å². The molecule has 1 rings (SSSR count). The van der Waals surface area contributed by atoms with E-state index in [0.29, 0.717) is 5.56 Å². The molecule has 1 aromatic rings. The van der Waals surface area contributed by atoms with Gasteiger partial charge in [0.1, 0.15) is 5.60 Å². The molecule has 0 radical (unpaired) electrons. The maximum absolute atomic E-state index is 11.3. The van der Waals surface area contributed by atoms with Crippen LogP contribution in [0.2, 0.25) is 0 Å².